The van der Waals surface area contributed by atoms with E-state index in [1.54, 1.807) is 0 Å². The third-order valence-corrected chi connectivity index (χ3v) is 4.51. The third-order valence-electron chi connectivity index (χ3n) is 4.51. The normalized spacial score (nSPS) is 18.1. The monoisotopic (exact) mass is 234 g/mol. The van der Waals surface area contributed by atoms with Gasteiger partial charge in [-0.15, -0.1) is 0 Å². The van der Waals surface area contributed by atoms with Crippen molar-refractivity contribution in [3.8, 4) is 0 Å². The molecule has 0 amide bonds. The molecule has 2 nitrogen and oxygen atoms in total. The Balaban J connectivity index is 3.34. The number of carboxylic acids is 1. The summed E-state index contributed by atoms with van der Waals surface area (Å²) >= 11 is 0. The molecule has 1 aromatic rings. The summed E-state index contributed by atoms with van der Waals surface area (Å²) in [4.78, 5) is 11.6. The largest absolute Gasteiger partial charge is 0.481 e. The van der Waals surface area contributed by atoms with Crippen molar-refractivity contribution < 1.29 is 9.90 Å². The third kappa shape index (κ3) is 2.08. The standard InChI is InChI=1S/C15H22O2/c1-5-14(3,12-10-8-7-9-11-12)15(4,6-2)13(16)17/h7-11H,5-6H2,1-4H3,(H,16,17). The smallest absolute Gasteiger partial charge is 0.310 e. The summed E-state index contributed by atoms with van der Waals surface area (Å²) in [5.74, 6) is -0.715. The molecule has 1 aromatic carbocycles. The second kappa shape index (κ2) is 4.91. The van der Waals surface area contributed by atoms with Crippen molar-refractivity contribution in [1.29, 1.82) is 0 Å². The van der Waals surface area contributed by atoms with Crippen LogP contribution in [0, 0.1) is 5.41 Å². The van der Waals surface area contributed by atoms with Gasteiger partial charge in [-0.1, -0.05) is 51.1 Å². The lowest BCUT2D eigenvalue weighted by Gasteiger charge is -2.43. The highest BCUT2D eigenvalue weighted by Gasteiger charge is 2.48. The Kier molecular flexibility index (Phi) is 3.97. The topological polar surface area (TPSA) is 37.3 Å². The van der Waals surface area contributed by atoms with Gasteiger partial charge in [0, 0.05) is 5.41 Å². The molecule has 0 aliphatic carbocycles. The molecule has 0 saturated heterocycles. The van der Waals surface area contributed by atoms with E-state index in [4.69, 9.17) is 0 Å². The van der Waals surface area contributed by atoms with Crippen LogP contribution in [0.25, 0.3) is 0 Å². The predicted molar refractivity (Wildman–Crippen MR) is 70.1 cm³/mol. The summed E-state index contributed by atoms with van der Waals surface area (Å²) < 4.78 is 0. The number of rotatable bonds is 5. The molecule has 17 heavy (non-hydrogen) atoms. The lowest BCUT2D eigenvalue weighted by Crippen LogP contribution is -2.46. The summed E-state index contributed by atoms with van der Waals surface area (Å²) in [5, 5.41) is 9.56. The fourth-order valence-electron chi connectivity index (χ4n) is 2.50. The van der Waals surface area contributed by atoms with E-state index in [0.29, 0.717) is 6.42 Å². The van der Waals surface area contributed by atoms with Crippen LogP contribution in [-0.2, 0) is 10.2 Å². The van der Waals surface area contributed by atoms with Crippen molar-refractivity contribution >= 4 is 5.97 Å². The Labute approximate surface area is 104 Å². The lowest BCUT2D eigenvalue weighted by atomic mass is 9.59. The maximum absolute atomic E-state index is 11.6. The second-order valence-corrected chi connectivity index (χ2v) is 5.04. The first-order valence-electron chi connectivity index (χ1n) is 6.21. The first-order valence-corrected chi connectivity index (χ1v) is 6.21. The summed E-state index contributed by atoms with van der Waals surface area (Å²) in [5.41, 5.74) is 0.0343. The van der Waals surface area contributed by atoms with Crippen molar-refractivity contribution in [2.24, 2.45) is 5.41 Å². The first kappa shape index (κ1) is 13.8. The zero-order chi connectivity index (χ0) is 13.1. The van der Waals surface area contributed by atoms with Gasteiger partial charge in [0.05, 0.1) is 5.41 Å². The first-order chi connectivity index (χ1) is 7.92. The van der Waals surface area contributed by atoms with Crippen LogP contribution in [0.1, 0.15) is 46.1 Å². The Morgan fingerprint density at radius 1 is 1.12 bits per heavy atom. The Bertz CT molecular complexity index is 385. The fraction of sp³-hybridized carbons (Fsp3) is 0.533. The molecule has 0 bridgehead atoms. The average Bonchev–Trinajstić information content (AvgIpc) is 2.37. The van der Waals surface area contributed by atoms with Crippen molar-refractivity contribution in [1.82, 2.24) is 0 Å². The Hall–Kier alpha value is -1.31. The van der Waals surface area contributed by atoms with Gasteiger partial charge in [0.15, 0.2) is 0 Å². The van der Waals surface area contributed by atoms with Crippen LogP contribution in [-0.4, -0.2) is 11.1 Å². The van der Waals surface area contributed by atoms with E-state index in [9.17, 15) is 9.90 Å². The molecule has 1 rings (SSSR count). The molecule has 0 heterocycles. The Morgan fingerprint density at radius 3 is 2.00 bits per heavy atom. The van der Waals surface area contributed by atoms with E-state index in [-0.39, 0.29) is 5.41 Å². The SMILES string of the molecule is CCC(C)(C(=O)O)C(C)(CC)c1ccccc1. The van der Waals surface area contributed by atoms with Crippen LogP contribution >= 0.6 is 0 Å². The zero-order valence-corrected chi connectivity index (χ0v) is 11.2. The quantitative estimate of drug-likeness (QED) is 0.840. The van der Waals surface area contributed by atoms with E-state index in [1.165, 1.54) is 0 Å². The minimum atomic E-state index is -0.733. The van der Waals surface area contributed by atoms with Gasteiger partial charge >= 0.3 is 5.97 Å². The van der Waals surface area contributed by atoms with Crippen LogP contribution in [0.15, 0.2) is 30.3 Å². The van der Waals surface area contributed by atoms with Crippen LogP contribution in [0.4, 0.5) is 0 Å². The van der Waals surface area contributed by atoms with Crippen LogP contribution in [0.3, 0.4) is 0 Å². The lowest BCUT2D eigenvalue weighted by molar-refractivity contribution is -0.153. The average molecular weight is 234 g/mol. The molecule has 2 heteroatoms. The minimum absolute atomic E-state index is 0.338. The molecule has 2 atom stereocenters. The maximum atomic E-state index is 11.6. The van der Waals surface area contributed by atoms with E-state index < -0.39 is 11.4 Å². The van der Waals surface area contributed by atoms with Crippen molar-refractivity contribution in [2.75, 3.05) is 0 Å². The molecule has 0 spiro atoms. The van der Waals surface area contributed by atoms with Gasteiger partial charge in [0.2, 0.25) is 0 Å². The summed E-state index contributed by atoms with van der Waals surface area (Å²) in [6, 6.07) is 9.96. The maximum Gasteiger partial charge on any atom is 0.310 e. The van der Waals surface area contributed by atoms with Crippen molar-refractivity contribution in [2.45, 2.75) is 46.0 Å². The number of aliphatic carboxylic acids is 1. The number of hydrogen-bond acceptors (Lipinski definition) is 1. The predicted octanol–water partition coefficient (Wildman–Crippen LogP) is 3.86. The second-order valence-electron chi connectivity index (χ2n) is 5.04. The summed E-state index contributed by atoms with van der Waals surface area (Å²) in [6.45, 7) is 7.92. The van der Waals surface area contributed by atoms with Crippen molar-refractivity contribution in [3.63, 3.8) is 0 Å². The van der Waals surface area contributed by atoms with E-state index in [2.05, 4.69) is 13.8 Å². The van der Waals surface area contributed by atoms with Crippen LogP contribution in [0.2, 0.25) is 0 Å². The molecule has 2 unspecified atom stereocenters. The van der Waals surface area contributed by atoms with E-state index in [0.717, 1.165) is 12.0 Å². The van der Waals surface area contributed by atoms with Gasteiger partial charge in [0.1, 0.15) is 0 Å². The van der Waals surface area contributed by atoms with Crippen molar-refractivity contribution in [3.05, 3.63) is 35.9 Å². The molecule has 0 radical (unpaired) electrons. The van der Waals surface area contributed by atoms with E-state index >= 15 is 0 Å². The molecule has 1 N–H and O–H groups in total. The van der Waals surface area contributed by atoms with Gasteiger partial charge in [-0.05, 0) is 25.3 Å². The fourth-order valence-corrected chi connectivity index (χ4v) is 2.50. The van der Waals surface area contributed by atoms with Gasteiger partial charge in [-0.25, -0.2) is 0 Å². The minimum Gasteiger partial charge on any atom is -0.481 e. The summed E-state index contributed by atoms with van der Waals surface area (Å²) in [6.07, 6.45) is 1.44. The highest BCUT2D eigenvalue weighted by Crippen LogP contribution is 2.46. The molecule has 0 saturated carbocycles. The number of carboxylic acid groups (broad SMARTS) is 1. The zero-order valence-electron chi connectivity index (χ0n) is 11.2. The van der Waals surface area contributed by atoms with Gasteiger partial charge < -0.3 is 5.11 Å². The van der Waals surface area contributed by atoms with Crippen LogP contribution < -0.4 is 0 Å². The highest BCUT2D eigenvalue weighted by molar-refractivity contribution is 5.76. The van der Waals surface area contributed by atoms with E-state index in [1.807, 2.05) is 44.2 Å². The van der Waals surface area contributed by atoms with Gasteiger partial charge in [0.25, 0.3) is 0 Å². The molecule has 94 valence electrons. The molecule has 0 aromatic heterocycles. The molecule has 0 aliphatic heterocycles. The molecule has 0 fully saturated rings. The summed E-state index contributed by atoms with van der Waals surface area (Å²) in [7, 11) is 0. The van der Waals surface area contributed by atoms with Crippen LogP contribution in [0.5, 0.6) is 0 Å². The molecular weight excluding hydrogens is 212 g/mol. The number of hydrogen-bond donors (Lipinski definition) is 1. The Morgan fingerprint density at radius 2 is 1.65 bits per heavy atom. The van der Waals surface area contributed by atoms with Gasteiger partial charge in [-0.3, -0.25) is 4.79 Å². The molecule has 0 aliphatic rings. The van der Waals surface area contributed by atoms with Gasteiger partial charge in [-0.2, -0.15) is 0 Å². The molecular formula is C15H22O2. The number of benzene rings is 1. The highest BCUT2D eigenvalue weighted by atomic mass is 16.4. The number of carbonyl (C=O) groups is 1.